The molecule has 1 aliphatic rings. The van der Waals surface area contributed by atoms with Gasteiger partial charge in [0, 0.05) is 47.1 Å². The molecule has 0 amide bonds. The highest BCUT2D eigenvalue weighted by molar-refractivity contribution is 5.64. The summed E-state index contributed by atoms with van der Waals surface area (Å²) in [7, 11) is 0. The van der Waals surface area contributed by atoms with Crippen LogP contribution in [0.1, 0.15) is 42.5 Å². The minimum absolute atomic E-state index is 0.0644. The second-order valence-corrected chi connectivity index (χ2v) is 8.31. The van der Waals surface area contributed by atoms with Gasteiger partial charge in [-0.15, -0.1) is 0 Å². The van der Waals surface area contributed by atoms with Crippen LogP contribution in [-0.4, -0.2) is 36.3 Å². The van der Waals surface area contributed by atoms with E-state index in [-0.39, 0.29) is 29.6 Å². The first kappa shape index (κ1) is 22.6. The van der Waals surface area contributed by atoms with Gasteiger partial charge in [-0.05, 0) is 32.8 Å². The number of rotatable bonds is 8. The molecule has 9 nitrogen and oxygen atoms in total. The highest BCUT2D eigenvalue weighted by Crippen LogP contribution is 2.44. The average Bonchev–Trinajstić information content (AvgIpc) is 3.59. The average molecular weight is 479 g/mol. The van der Waals surface area contributed by atoms with Gasteiger partial charge >= 0.3 is 0 Å². The summed E-state index contributed by atoms with van der Waals surface area (Å²) in [4.78, 5) is 17.0. The molecule has 5 rings (SSSR count). The number of nitrogens with zero attached hydrogens (tertiary/aromatic N) is 6. The van der Waals surface area contributed by atoms with Gasteiger partial charge in [0.25, 0.3) is 0 Å². The number of hydrogen-bond donors (Lipinski definition) is 2. The third-order valence-electron chi connectivity index (χ3n) is 5.73. The van der Waals surface area contributed by atoms with Crippen molar-refractivity contribution in [3.8, 4) is 17.3 Å². The quantitative estimate of drug-likeness (QED) is 0.384. The first-order valence-electron chi connectivity index (χ1n) is 11.3. The standard InChI is InChI=1S/C24H24F2N8O/c1-3-35-15-8-17(25)16(18(26)9-15)11-34-23(14-4-5-14)13(2)22(33-34)24-30-19(27)10-21(32-24)31-20-6-7-28-12-29-20/h6-10,12,14H,3-5,11H2,1-2H3,(H3,27,28,29,30,31,32). The van der Waals surface area contributed by atoms with E-state index in [4.69, 9.17) is 10.5 Å². The minimum atomic E-state index is -0.679. The van der Waals surface area contributed by atoms with Crippen LogP contribution in [0.5, 0.6) is 5.75 Å². The molecule has 1 aromatic carbocycles. The Morgan fingerprint density at radius 3 is 2.57 bits per heavy atom. The highest BCUT2D eigenvalue weighted by Gasteiger charge is 2.32. The Morgan fingerprint density at radius 1 is 1.14 bits per heavy atom. The first-order chi connectivity index (χ1) is 16.9. The van der Waals surface area contributed by atoms with E-state index in [1.807, 2.05) is 6.92 Å². The molecule has 0 spiro atoms. The maximum absolute atomic E-state index is 14.8. The molecular formula is C24H24F2N8O. The fourth-order valence-electron chi connectivity index (χ4n) is 4.03. The zero-order valence-electron chi connectivity index (χ0n) is 19.3. The number of hydrogen-bond acceptors (Lipinski definition) is 8. The number of anilines is 3. The fraction of sp³-hybridized carbons (Fsp3) is 0.292. The Labute approximate surface area is 200 Å². The lowest BCUT2D eigenvalue weighted by Crippen LogP contribution is -2.10. The van der Waals surface area contributed by atoms with E-state index in [0.29, 0.717) is 29.8 Å². The first-order valence-corrected chi connectivity index (χ1v) is 11.3. The monoisotopic (exact) mass is 478 g/mol. The smallest absolute Gasteiger partial charge is 0.184 e. The Kier molecular flexibility index (Phi) is 5.98. The van der Waals surface area contributed by atoms with Gasteiger partial charge in [-0.1, -0.05) is 0 Å². The van der Waals surface area contributed by atoms with Crippen LogP contribution in [0.25, 0.3) is 11.5 Å². The molecule has 0 saturated heterocycles. The van der Waals surface area contributed by atoms with Gasteiger partial charge in [0.1, 0.15) is 46.9 Å². The normalized spacial score (nSPS) is 13.1. The van der Waals surface area contributed by atoms with Gasteiger partial charge in [-0.3, -0.25) is 4.68 Å². The molecular weight excluding hydrogens is 454 g/mol. The van der Waals surface area contributed by atoms with E-state index < -0.39 is 11.6 Å². The van der Waals surface area contributed by atoms with E-state index in [1.165, 1.54) is 18.5 Å². The van der Waals surface area contributed by atoms with Crippen molar-refractivity contribution in [1.82, 2.24) is 29.7 Å². The van der Waals surface area contributed by atoms with Crippen molar-refractivity contribution in [2.45, 2.75) is 39.2 Å². The molecule has 35 heavy (non-hydrogen) atoms. The number of nitrogens with one attached hydrogen (secondary N) is 1. The van der Waals surface area contributed by atoms with E-state index in [2.05, 4.69) is 30.4 Å². The van der Waals surface area contributed by atoms with Crippen LogP contribution in [-0.2, 0) is 6.54 Å². The van der Waals surface area contributed by atoms with E-state index in [9.17, 15) is 8.78 Å². The molecule has 0 aliphatic heterocycles. The molecule has 0 unspecified atom stereocenters. The van der Waals surface area contributed by atoms with Gasteiger partial charge in [-0.25, -0.2) is 28.7 Å². The van der Waals surface area contributed by atoms with Gasteiger partial charge in [0.15, 0.2) is 5.82 Å². The molecule has 3 heterocycles. The Hall–Kier alpha value is -4.15. The van der Waals surface area contributed by atoms with Crippen molar-refractivity contribution in [2.24, 2.45) is 0 Å². The van der Waals surface area contributed by atoms with Crippen molar-refractivity contribution in [3.63, 3.8) is 0 Å². The molecule has 1 aliphatic carbocycles. The SMILES string of the molecule is CCOc1cc(F)c(Cn2nc(-c3nc(N)cc(Nc4ccncn4)n3)c(C)c2C2CC2)c(F)c1. The van der Waals surface area contributed by atoms with E-state index >= 15 is 0 Å². The number of nitrogens with two attached hydrogens (primary N) is 1. The third kappa shape index (κ3) is 4.75. The summed E-state index contributed by atoms with van der Waals surface area (Å²) < 4.78 is 36.5. The second-order valence-electron chi connectivity index (χ2n) is 8.31. The van der Waals surface area contributed by atoms with Crippen LogP contribution in [0.15, 0.2) is 36.8 Å². The third-order valence-corrected chi connectivity index (χ3v) is 5.73. The zero-order valence-corrected chi connectivity index (χ0v) is 19.3. The molecule has 11 heteroatoms. The number of halogens is 2. The van der Waals surface area contributed by atoms with Crippen molar-refractivity contribution in [3.05, 3.63) is 65.2 Å². The maximum Gasteiger partial charge on any atom is 0.184 e. The van der Waals surface area contributed by atoms with Crippen LogP contribution in [0.4, 0.5) is 26.2 Å². The number of benzene rings is 1. The molecule has 3 N–H and O–H groups in total. The van der Waals surface area contributed by atoms with Gasteiger partial charge in [0.05, 0.1) is 13.2 Å². The lowest BCUT2D eigenvalue weighted by atomic mass is 10.1. The molecule has 4 aromatic rings. The summed E-state index contributed by atoms with van der Waals surface area (Å²) in [6.07, 6.45) is 4.99. The highest BCUT2D eigenvalue weighted by atomic mass is 19.1. The molecule has 1 fully saturated rings. The Balaban J connectivity index is 1.52. The van der Waals surface area contributed by atoms with Crippen LogP contribution in [0.3, 0.4) is 0 Å². The van der Waals surface area contributed by atoms with Crippen molar-refractivity contribution in [1.29, 1.82) is 0 Å². The van der Waals surface area contributed by atoms with Gasteiger partial charge < -0.3 is 15.8 Å². The summed E-state index contributed by atoms with van der Waals surface area (Å²) in [5.41, 5.74) is 8.26. The van der Waals surface area contributed by atoms with Crippen LogP contribution in [0, 0.1) is 18.6 Å². The van der Waals surface area contributed by atoms with Crippen LogP contribution < -0.4 is 15.8 Å². The van der Waals surface area contributed by atoms with E-state index in [1.54, 1.807) is 29.9 Å². The van der Waals surface area contributed by atoms with Crippen molar-refractivity contribution >= 4 is 17.5 Å². The summed E-state index contributed by atoms with van der Waals surface area (Å²) >= 11 is 0. The fourth-order valence-corrected chi connectivity index (χ4v) is 4.03. The molecule has 0 bridgehead atoms. The van der Waals surface area contributed by atoms with E-state index in [0.717, 1.165) is 24.1 Å². The van der Waals surface area contributed by atoms with Gasteiger partial charge in [-0.2, -0.15) is 5.10 Å². The minimum Gasteiger partial charge on any atom is -0.494 e. The molecule has 0 radical (unpaired) electrons. The summed E-state index contributed by atoms with van der Waals surface area (Å²) in [5, 5.41) is 7.76. The van der Waals surface area contributed by atoms with Crippen LogP contribution >= 0.6 is 0 Å². The summed E-state index contributed by atoms with van der Waals surface area (Å²) in [6.45, 7) is 3.93. The predicted molar refractivity (Wildman–Crippen MR) is 126 cm³/mol. The lowest BCUT2D eigenvalue weighted by molar-refractivity contribution is 0.335. The topological polar surface area (TPSA) is 117 Å². The van der Waals surface area contributed by atoms with Crippen LogP contribution in [0.2, 0.25) is 0 Å². The summed E-state index contributed by atoms with van der Waals surface area (Å²) in [6, 6.07) is 5.68. The summed E-state index contributed by atoms with van der Waals surface area (Å²) in [5.74, 6) is 0.614. The molecule has 3 aromatic heterocycles. The number of aromatic nitrogens is 6. The largest absolute Gasteiger partial charge is 0.494 e. The predicted octanol–water partition coefficient (Wildman–Crippen LogP) is 4.37. The van der Waals surface area contributed by atoms with Gasteiger partial charge in [0.2, 0.25) is 0 Å². The van der Waals surface area contributed by atoms with Crippen molar-refractivity contribution < 1.29 is 13.5 Å². The molecule has 1 saturated carbocycles. The van der Waals surface area contributed by atoms with Crippen molar-refractivity contribution in [2.75, 3.05) is 17.7 Å². The number of nitrogen functional groups attached to an aromatic ring is 1. The second kappa shape index (κ2) is 9.24. The zero-order chi connectivity index (χ0) is 24.5. The maximum atomic E-state index is 14.8. The molecule has 180 valence electrons. The lowest BCUT2D eigenvalue weighted by Gasteiger charge is -2.11. The number of ether oxygens (including phenoxy) is 1. The molecule has 0 atom stereocenters. The Bertz CT molecular complexity index is 1350. The Morgan fingerprint density at radius 2 is 1.91 bits per heavy atom.